The standard InChI is InChI=1S/C14H19FN2O4/c1-4-8(2)12(13(18)19)17-14(20)16-10-6-5-9(15)7-11(10)21-3/h5-8,12H,4H2,1-3H3,(H,18,19)(H2,16,17,20)/t8-,12-/m0/s1. The predicted octanol–water partition coefficient (Wildman–Crippen LogP) is 2.46. The van der Waals surface area contributed by atoms with Gasteiger partial charge in [-0.25, -0.2) is 14.0 Å². The van der Waals surface area contributed by atoms with E-state index in [0.29, 0.717) is 6.42 Å². The summed E-state index contributed by atoms with van der Waals surface area (Å²) in [6.45, 7) is 3.57. The number of hydrogen-bond donors (Lipinski definition) is 3. The number of carbonyl (C=O) groups excluding carboxylic acids is 1. The second-order valence-corrected chi connectivity index (χ2v) is 4.64. The largest absolute Gasteiger partial charge is 0.494 e. The molecule has 3 N–H and O–H groups in total. The van der Waals surface area contributed by atoms with Gasteiger partial charge in [-0.15, -0.1) is 0 Å². The first-order valence-corrected chi connectivity index (χ1v) is 6.52. The lowest BCUT2D eigenvalue weighted by Gasteiger charge is -2.20. The molecule has 2 atom stereocenters. The average Bonchev–Trinajstić information content (AvgIpc) is 2.45. The van der Waals surface area contributed by atoms with Gasteiger partial charge >= 0.3 is 12.0 Å². The van der Waals surface area contributed by atoms with Crippen LogP contribution in [0.4, 0.5) is 14.9 Å². The van der Waals surface area contributed by atoms with Crippen molar-refractivity contribution >= 4 is 17.7 Å². The number of anilines is 1. The maximum absolute atomic E-state index is 13.1. The van der Waals surface area contributed by atoms with Gasteiger partial charge in [-0.1, -0.05) is 20.3 Å². The molecule has 0 aliphatic carbocycles. The van der Waals surface area contributed by atoms with Crippen molar-refractivity contribution in [3.8, 4) is 5.75 Å². The number of methoxy groups -OCH3 is 1. The number of nitrogens with one attached hydrogen (secondary N) is 2. The molecule has 7 heteroatoms. The number of amides is 2. The van der Waals surface area contributed by atoms with Crippen LogP contribution in [-0.2, 0) is 4.79 Å². The average molecular weight is 298 g/mol. The highest BCUT2D eigenvalue weighted by Gasteiger charge is 2.25. The highest BCUT2D eigenvalue weighted by Crippen LogP contribution is 2.24. The fourth-order valence-corrected chi connectivity index (χ4v) is 1.75. The van der Waals surface area contributed by atoms with Crippen LogP contribution in [0.5, 0.6) is 5.75 Å². The summed E-state index contributed by atoms with van der Waals surface area (Å²) < 4.78 is 18.0. The van der Waals surface area contributed by atoms with E-state index >= 15 is 0 Å². The molecule has 6 nitrogen and oxygen atoms in total. The summed E-state index contributed by atoms with van der Waals surface area (Å²) in [7, 11) is 1.34. The molecule has 1 rings (SSSR count). The van der Waals surface area contributed by atoms with Crippen molar-refractivity contribution < 1.29 is 23.8 Å². The number of carboxylic acid groups (broad SMARTS) is 1. The van der Waals surface area contributed by atoms with Crippen LogP contribution in [0.2, 0.25) is 0 Å². The molecule has 0 aromatic heterocycles. The minimum absolute atomic E-state index is 0.153. The maximum atomic E-state index is 13.1. The summed E-state index contributed by atoms with van der Waals surface area (Å²) in [5, 5.41) is 13.9. The first-order valence-electron chi connectivity index (χ1n) is 6.52. The molecule has 116 valence electrons. The molecule has 0 saturated carbocycles. The van der Waals surface area contributed by atoms with Gasteiger partial charge in [-0.05, 0) is 18.1 Å². The summed E-state index contributed by atoms with van der Waals surface area (Å²) in [5.41, 5.74) is 0.254. The van der Waals surface area contributed by atoms with Gasteiger partial charge in [0.05, 0.1) is 12.8 Å². The predicted molar refractivity (Wildman–Crippen MR) is 76.0 cm³/mol. The zero-order chi connectivity index (χ0) is 16.0. The molecule has 0 unspecified atom stereocenters. The first-order chi connectivity index (χ1) is 9.88. The summed E-state index contributed by atoms with van der Waals surface area (Å²) in [4.78, 5) is 23.0. The molecule has 0 spiro atoms. The van der Waals surface area contributed by atoms with Crippen molar-refractivity contribution in [3.63, 3.8) is 0 Å². The van der Waals surface area contributed by atoms with Crippen LogP contribution in [0.3, 0.4) is 0 Å². The van der Waals surface area contributed by atoms with Crippen LogP contribution in [0, 0.1) is 11.7 Å². The van der Waals surface area contributed by atoms with E-state index in [4.69, 9.17) is 9.84 Å². The highest BCUT2D eigenvalue weighted by atomic mass is 19.1. The maximum Gasteiger partial charge on any atom is 0.326 e. The van der Waals surface area contributed by atoms with E-state index in [1.165, 1.54) is 19.2 Å². The first kappa shape index (κ1) is 16.7. The van der Waals surface area contributed by atoms with Gasteiger partial charge < -0.3 is 20.5 Å². The number of carboxylic acids is 1. The SMILES string of the molecule is CC[C@H](C)[C@H](NC(=O)Nc1ccc(F)cc1OC)C(=O)O. The Bertz CT molecular complexity index is 522. The second-order valence-electron chi connectivity index (χ2n) is 4.64. The van der Waals surface area contributed by atoms with E-state index in [9.17, 15) is 14.0 Å². The Morgan fingerprint density at radius 2 is 2.10 bits per heavy atom. The number of halogens is 1. The van der Waals surface area contributed by atoms with Crippen LogP contribution in [-0.4, -0.2) is 30.3 Å². The van der Waals surface area contributed by atoms with E-state index < -0.39 is 23.9 Å². The van der Waals surface area contributed by atoms with Crippen molar-refractivity contribution in [2.45, 2.75) is 26.3 Å². The lowest BCUT2D eigenvalue weighted by Crippen LogP contribution is -2.46. The van der Waals surface area contributed by atoms with Gasteiger partial charge in [0.25, 0.3) is 0 Å². The lowest BCUT2D eigenvalue weighted by atomic mass is 9.99. The molecule has 0 radical (unpaired) electrons. The molecule has 1 aromatic carbocycles. The molecular weight excluding hydrogens is 279 g/mol. The number of benzene rings is 1. The molecule has 0 aliphatic heterocycles. The molecule has 0 fully saturated rings. The number of urea groups is 1. The van der Waals surface area contributed by atoms with Crippen molar-refractivity contribution in [2.75, 3.05) is 12.4 Å². The molecular formula is C14H19FN2O4. The molecule has 21 heavy (non-hydrogen) atoms. The quantitative estimate of drug-likeness (QED) is 0.752. The molecule has 0 aliphatic rings. The van der Waals surface area contributed by atoms with Crippen LogP contribution in [0.1, 0.15) is 20.3 Å². The summed E-state index contributed by atoms with van der Waals surface area (Å²) in [5.74, 6) is -1.67. The third-order valence-corrected chi connectivity index (χ3v) is 3.18. The van der Waals surface area contributed by atoms with Gasteiger partial charge in [0, 0.05) is 6.07 Å². The van der Waals surface area contributed by atoms with Crippen LogP contribution in [0.25, 0.3) is 0 Å². The number of ether oxygens (including phenoxy) is 1. The minimum atomic E-state index is -1.11. The molecule has 0 heterocycles. The van der Waals surface area contributed by atoms with E-state index in [0.717, 1.165) is 6.07 Å². The van der Waals surface area contributed by atoms with E-state index in [2.05, 4.69) is 10.6 Å². The molecule has 2 amide bonds. The van der Waals surface area contributed by atoms with Crippen molar-refractivity contribution in [3.05, 3.63) is 24.0 Å². The Morgan fingerprint density at radius 1 is 1.43 bits per heavy atom. The third kappa shape index (κ3) is 4.62. The molecule has 0 saturated heterocycles. The van der Waals surface area contributed by atoms with Crippen molar-refractivity contribution in [2.24, 2.45) is 5.92 Å². The number of carbonyl (C=O) groups is 2. The molecule has 1 aromatic rings. The Balaban J connectivity index is 2.79. The van der Waals surface area contributed by atoms with Crippen LogP contribution >= 0.6 is 0 Å². The van der Waals surface area contributed by atoms with Crippen LogP contribution in [0.15, 0.2) is 18.2 Å². The third-order valence-electron chi connectivity index (χ3n) is 3.18. The fraction of sp³-hybridized carbons (Fsp3) is 0.429. The Hall–Kier alpha value is -2.31. The summed E-state index contributed by atoms with van der Waals surface area (Å²) in [6.07, 6.45) is 0.608. The Morgan fingerprint density at radius 3 is 2.62 bits per heavy atom. The number of hydrogen-bond acceptors (Lipinski definition) is 3. The van der Waals surface area contributed by atoms with Gasteiger partial charge in [-0.2, -0.15) is 0 Å². The topological polar surface area (TPSA) is 87.7 Å². The van der Waals surface area contributed by atoms with E-state index in [-0.39, 0.29) is 17.4 Å². The molecule has 0 bridgehead atoms. The zero-order valence-electron chi connectivity index (χ0n) is 12.1. The normalized spacial score (nSPS) is 13.1. The second kappa shape index (κ2) is 7.47. The summed E-state index contributed by atoms with van der Waals surface area (Å²) in [6, 6.07) is 1.95. The van der Waals surface area contributed by atoms with Gasteiger partial charge in [0.1, 0.15) is 17.6 Å². The van der Waals surface area contributed by atoms with Gasteiger partial charge in [0.15, 0.2) is 0 Å². The van der Waals surface area contributed by atoms with Crippen molar-refractivity contribution in [1.82, 2.24) is 5.32 Å². The van der Waals surface area contributed by atoms with E-state index in [1.54, 1.807) is 6.92 Å². The smallest absolute Gasteiger partial charge is 0.326 e. The fourth-order valence-electron chi connectivity index (χ4n) is 1.75. The van der Waals surface area contributed by atoms with Gasteiger partial charge in [-0.3, -0.25) is 0 Å². The van der Waals surface area contributed by atoms with Crippen molar-refractivity contribution in [1.29, 1.82) is 0 Å². The lowest BCUT2D eigenvalue weighted by molar-refractivity contribution is -0.140. The van der Waals surface area contributed by atoms with Crippen LogP contribution < -0.4 is 15.4 Å². The number of rotatable bonds is 6. The monoisotopic (exact) mass is 298 g/mol. The minimum Gasteiger partial charge on any atom is -0.494 e. The number of aliphatic carboxylic acids is 1. The Labute approximate surface area is 122 Å². The Kier molecular flexibility index (Phi) is 5.95. The zero-order valence-corrected chi connectivity index (χ0v) is 12.1. The van der Waals surface area contributed by atoms with E-state index in [1.807, 2.05) is 6.92 Å². The highest BCUT2D eigenvalue weighted by molar-refractivity contribution is 5.93. The van der Waals surface area contributed by atoms with Gasteiger partial charge in [0.2, 0.25) is 0 Å². The summed E-state index contributed by atoms with van der Waals surface area (Å²) >= 11 is 0.